The van der Waals surface area contributed by atoms with Crippen molar-refractivity contribution in [2.24, 2.45) is 5.73 Å². The first kappa shape index (κ1) is 21.1. The zero-order chi connectivity index (χ0) is 22.1. The van der Waals surface area contributed by atoms with Gasteiger partial charge in [0, 0.05) is 16.7 Å². The number of rotatable bonds is 5. The summed E-state index contributed by atoms with van der Waals surface area (Å²) in [6, 6.07) is 12.2. The normalized spacial score (nSPS) is 11.3. The van der Waals surface area contributed by atoms with E-state index in [-0.39, 0.29) is 10.6 Å². The van der Waals surface area contributed by atoms with Crippen LogP contribution in [0.2, 0.25) is 0 Å². The predicted molar refractivity (Wildman–Crippen MR) is 109 cm³/mol. The molecule has 0 fully saturated rings. The van der Waals surface area contributed by atoms with Crippen LogP contribution in [0.3, 0.4) is 0 Å². The van der Waals surface area contributed by atoms with Gasteiger partial charge in [-0.2, -0.15) is 13.4 Å². The van der Waals surface area contributed by atoms with Crippen molar-refractivity contribution >= 4 is 22.0 Å². The molecule has 1 amide bonds. The van der Waals surface area contributed by atoms with Crippen molar-refractivity contribution in [2.75, 3.05) is 6.26 Å². The van der Waals surface area contributed by atoms with Crippen LogP contribution in [0.15, 0.2) is 47.0 Å². The highest BCUT2D eigenvalue weighted by atomic mass is 32.2. The van der Waals surface area contributed by atoms with Crippen molar-refractivity contribution in [3.05, 3.63) is 59.2 Å². The summed E-state index contributed by atoms with van der Waals surface area (Å²) in [4.78, 5) is 17.0. The Morgan fingerprint density at radius 3 is 2.47 bits per heavy atom. The fraction of sp³-hybridized carbons (Fsp3) is 0.158. The molecule has 0 unspecified atom stereocenters. The van der Waals surface area contributed by atoms with Gasteiger partial charge in [0.25, 0.3) is 21.9 Å². The lowest BCUT2D eigenvalue weighted by Gasteiger charge is -2.18. The highest BCUT2D eigenvalue weighted by molar-refractivity contribution is 7.85. The second-order valence-electron chi connectivity index (χ2n) is 6.53. The van der Waals surface area contributed by atoms with Crippen LogP contribution in [0.25, 0.3) is 22.8 Å². The summed E-state index contributed by atoms with van der Waals surface area (Å²) < 4.78 is 32.6. The van der Waals surface area contributed by atoms with Gasteiger partial charge in [0.2, 0.25) is 11.8 Å². The van der Waals surface area contributed by atoms with E-state index in [0.29, 0.717) is 22.8 Å². The van der Waals surface area contributed by atoms with Crippen molar-refractivity contribution in [2.45, 2.75) is 13.8 Å². The molecule has 0 aliphatic rings. The van der Waals surface area contributed by atoms with Gasteiger partial charge in [0.05, 0.1) is 6.26 Å². The van der Waals surface area contributed by atoms with Gasteiger partial charge in [-0.3, -0.25) is 10.2 Å². The van der Waals surface area contributed by atoms with Gasteiger partial charge in [-0.15, -0.1) is 9.35 Å². The molecule has 30 heavy (non-hydrogen) atoms. The van der Waals surface area contributed by atoms with E-state index in [0.717, 1.165) is 17.4 Å². The minimum absolute atomic E-state index is 0.0974. The number of amides is 1. The molecule has 3 rings (SSSR count). The number of aromatic nitrogens is 2. The van der Waals surface area contributed by atoms with E-state index in [9.17, 15) is 13.2 Å². The summed E-state index contributed by atoms with van der Waals surface area (Å²) in [5, 5.41) is 11.6. The molecule has 0 aliphatic carbocycles. The molecule has 0 atom stereocenters. The molecule has 1 aromatic heterocycles. The van der Waals surface area contributed by atoms with Gasteiger partial charge < -0.3 is 10.3 Å². The molecule has 11 heteroatoms. The van der Waals surface area contributed by atoms with E-state index in [1.165, 1.54) is 6.07 Å². The maximum atomic E-state index is 12.6. The van der Waals surface area contributed by atoms with Crippen LogP contribution in [0.5, 0.6) is 0 Å². The second kappa shape index (κ2) is 8.05. The first-order valence-electron chi connectivity index (χ1n) is 8.65. The Morgan fingerprint density at radius 2 is 1.87 bits per heavy atom. The van der Waals surface area contributed by atoms with E-state index >= 15 is 0 Å². The van der Waals surface area contributed by atoms with E-state index in [4.69, 9.17) is 15.7 Å². The molecule has 10 nitrogen and oxygen atoms in total. The smallest absolute Gasteiger partial charge is 0.286 e. The Bertz CT molecular complexity index is 1240. The van der Waals surface area contributed by atoms with Gasteiger partial charge in [-0.25, -0.2) is 0 Å². The topological polar surface area (TPSA) is 152 Å². The summed E-state index contributed by atoms with van der Waals surface area (Å²) >= 11 is 0. The summed E-state index contributed by atoms with van der Waals surface area (Å²) in [5.74, 6) is -1.07. The summed E-state index contributed by atoms with van der Waals surface area (Å²) in [7, 11) is -4.06. The Morgan fingerprint density at radius 1 is 1.17 bits per heavy atom. The monoisotopic (exact) mass is 429 g/mol. The lowest BCUT2D eigenvalue weighted by atomic mass is 10.0. The number of aryl methyl sites for hydroxylation is 2. The first-order chi connectivity index (χ1) is 14.1. The van der Waals surface area contributed by atoms with Crippen LogP contribution in [0.1, 0.15) is 21.5 Å². The SMILES string of the molecule is Cc1cc(-c2noc(-c3ccccc3C)n2)ccc1C(=O)N(OS(C)(=O)=O)C(=N)N. The van der Waals surface area contributed by atoms with Crippen LogP contribution < -0.4 is 5.73 Å². The number of nitrogens with zero attached hydrogens (tertiary/aromatic N) is 3. The van der Waals surface area contributed by atoms with Gasteiger partial charge in [0.1, 0.15) is 0 Å². The number of carbonyl (C=O) groups excluding carboxylic acids is 1. The molecule has 0 saturated heterocycles. The standard InChI is InChI=1S/C19H19N5O5S/c1-11-6-4-5-7-14(11)17-22-16(23-28-17)13-8-9-15(12(2)10-13)18(25)24(19(20)21)29-30(3,26)27/h4-10H,1-3H3,(H3,20,21). The first-order valence-corrected chi connectivity index (χ1v) is 10.5. The van der Waals surface area contributed by atoms with Crippen LogP contribution in [-0.2, 0) is 14.4 Å². The number of carbonyl (C=O) groups is 1. The molecule has 156 valence electrons. The third kappa shape index (κ3) is 4.53. The predicted octanol–water partition coefficient (Wildman–Crippen LogP) is 2.25. The zero-order valence-corrected chi connectivity index (χ0v) is 17.2. The van der Waals surface area contributed by atoms with Gasteiger partial charge >= 0.3 is 0 Å². The van der Waals surface area contributed by atoms with E-state index < -0.39 is 22.0 Å². The third-order valence-corrected chi connectivity index (χ3v) is 4.55. The summed E-state index contributed by atoms with van der Waals surface area (Å²) in [6.45, 7) is 3.57. The molecule has 1 heterocycles. The highest BCUT2D eigenvalue weighted by Gasteiger charge is 2.26. The van der Waals surface area contributed by atoms with Crippen LogP contribution in [0.4, 0.5) is 0 Å². The van der Waals surface area contributed by atoms with Gasteiger partial charge in [0.15, 0.2) is 0 Å². The fourth-order valence-electron chi connectivity index (χ4n) is 2.73. The number of hydrogen-bond donors (Lipinski definition) is 2. The minimum atomic E-state index is -4.06. The van der Waals surface area contributed by atoms with E-state index in [1.807, 2.05) is 31.2 Å². The lowest BCUT2D eigenvalue weighted by Crippen LogP contribution is -2.42. The van der Waals surface area contributed by atoms with Gasteiger partial charge in [-0.1, -0.05) is 29.4 Å². The molecule has 2 aromatic carbocycles. The maximum Gasteiger partial charge on any atom is 0.286 e. The molecular weight excluding hydrogens is 410 g/mol. The van der Waals surface area contributed by atoms with Crippen LogP contribution in [0, 0.1) is 19.3 Å². The largest absolute Gasteiger partial charge is 0.368 e. The fourth-order valence-corrected chi connectivity index (χ4v) is 3.15. The number of guanidine groups is 1. The van der Waals surface area contributed by atoms with Crippen LogP contribution in [-0.4, -0.2) is 41.7 Å². The summed E-state index contributed by atoms with van der Waals surface area (Å²) in [5.41, 5.74) is 8.25. The molecule has 0 saturated carbocycles. The lowest BCUT2D eigenvalue weighted by molar-refractivity contribution is 0.0200. The maximum absolute atomic E-state index is 12.6. The summed E-state index contributed by atoms with van der Waals surface area (Å²) in [6.07, 6.45) is 0.744. The molecule has 0 radical (unpaired) electrons. The Hall–Kier alpha value is -3.57. The number of nitrogens with two attached hydrogens (primary N) is 1. The van der Waals surface area contributed by atoms with Crippen molar-refractivity contribution in [3.63, 3.8) is 0 Å². The minimum Gasteiger partial charge on any atom is -0.368 e. The van der Waals surface area contributed by atoms with E-state index in [2.05, 4.69) is 14.4 Å². The molecule has 3 N–H and O–H groups in total. The molecule has 3 aromatic rings. The Balaban J connectivity index is 1.91. The van der Waals surface area contributed by atoms with Crippen molar-refractivity contribution in [3.8, 4) is 22.8 Å². The molecular formula is C19H19N5O5S. The average molecular weight is 429 g/mol. The van der Waals surface area contributed by atoms with Crippen molar-refractivity contribution in [1.29, 1.82) is 5.41 Å². The van der Waals surface area contributed by atoms with Crippen molar-refractivity contribution in [1.82, 2.24) is 15.2 Å². The Labute approximate surface area is 172 Å². The number of benzene rings is 2. The quantitative estimate of drug-likeness (QED) is 0.356. The van der Waals surface area contributed by atoms with Crippen LogP contribution >= 0.6 is 0 Å². The highest BCUT2D eigenvalue weighted by Crippen LogP contribution is 2.26. The molecule has 0 bridgehead atoms. The average Bonchev–Trinajstić information content (AvgIpc) is 3.15. The molecule has 0 spiro atoms. The van der Waals surface area contributed by atoms with Crippen molar-refractivity contribution < 1.29 is 22.0 Å². The number of nitrogens with one attached hydrogen (secondary N) is 1. The van der Waals surface area contributed by atoms with E-state index in [1.54, 1.807) is 19.1 Å². The second-order valence-corrected chi connectivity index (χ2v) is 8.09. The molecule has 0 aliphatic heterocycles. The number of hydroxylamine groups is 2. The number of hydrogen-bond acceptors (Lipinski definition) is 8. The van der Waals surface area contributed by atoms with Gasteiger partial charge in [-0.05, 0) is 43.2 Å². The zero-order valence-electron chi connectivity index (χ0n) is 16.4. The Kier molecular flexibility index (Phi) is 5.67. The third-order valence-electron chi connectivity index (χ3n) is 4.13.